The van der Waals surface area contributed by atoms with Crippen molar-refractivity contribution in [3.8, 4) is 0 Å². The summed E-state index contributed by atoms with van der Waals surface area (Å²) in [6, 6.07) is 0. The zero-order chi connectivity index (χ0) is 14.7. The van der Waals surface area contributed by atoms with Gasteiger partial charge in [-0.2, -0.15) is 37.9 Å². The summed E-state index contributed by atoms with van der Waals surface area (Å²) in [6.07, 6.45) is -0.0611. The predicted molar refractivity (Wildman–Crippen MR) is 74.0 cm³/mol. The Hall–Kier alpha value is -0.540. The van der Waals surface area contributed by atoms with Crippen LogP contribution in [0, 0.1) is 5.41 Å². The normalized spacial score (nSPS) is 19.3. The number of hydrogen-bond acceptors (Lipinski definition) is 6. The van der Waals surface area contributed by atoms with Crippen molar-refractivity contribution in [2.75, 3.05) is 0 Å². The van der Waals surface area contributed by atoms with E-state index in [-0.39, 0.29) is 6.42 Å². The second-order valence-electron chi connectivity index (χ2n) is 3.69. The molecule has 0 spiro atoms. The van der Waals surface area contributed by atoms with Gasteiger partial charge in [-0.15, -0.1) is 0 Å². The molecule has 0 amide bonds. The molecule has 9 heteroatoms. The molecule has 6 nitrogen and oxygen atoms in total. The van der Waals surface area contributed by atoms with E-state index in [1.165, 1.54) is 6.92 Å². The Balaban J connectivity index is 5.83. The molecule has 3 unspecified atom stereocenters. The van der Waals surface area contributed by atoms with Crippen LogP contribution in [0.5, 0.6) is 0 Å². The Morgan fingerprint density at radius 1 is 0.889 bits per heavy atom. The molecule has 0 fully saturated rings. The van der Waals surface area contributed by atoms with E-state index in [0.29, 0.717) is 0 Å². The Labute approximate surface area is 120 Å². The van der Waals surface area contributed by atoms with Crippen LogP contribution in [0.15, 0.2) is 0 Å². The molecule has 0 aromatic rings. The lowest BCUT2D eigenvalue weighted by molar-refractivity contribution is -0.145. The molecule has 0 aromatic heterocycles. The fourth-order valence-electron chi connectivity index (χ4n) is 1.72. The monoisotopic (exact) mass is 314 g/mol. The highest BCUT2D eigenvalue weighted by Gasteiger charge is 2.54. The van der Waals surface area contributed by atoms with Gasteiger partial charge in [-0.25, -0.2) is 0 Å². The Bertz CT molecular complexity index is 308. The molecule has 0 radical (unpaired) electrons. The molecule has 3 atom stereocenters. The highest BCUT2D eigenvalue weighted by atomic mass is 32.1. The molecule has 0 aliphatic carbocycles. The molecule has 0 aliphatic rings. The molecule has 3 N–H and O–H groups in total. The molecule has 104 valence electrons. The van der Waals surface area contributed by atoms with E-state index in [9.17, 15) is 14.4 Å². The molecular weight excluding hydrogens is 300 g/mol. The second kappa shape index (κ2) is 6.58. The van der Waals surface area contributed by atoms with Gasteiger partial charge >= 0.3 is 17.9 Å². The fraction of sp³-hybridized carbons (Fsp3) is 0.667. The van der Waals surface area contributed by atoms with Crippen molar-refractivity contribution in [3.05, 3.63) is 0 Å². The minimum Gasteiger partial charge on any atom is -0.480 e. The van der Waals surface area contributed by atoms with Crippen LogP contribution in [0.4, 0.5) is 0 Å². The van der Waals surface area contributed by atoms with Gasteiger partial charge in [-0.1, -0.05) is 6.92 Å². The summed E-state index contributed by atoms with van der Waals surface area (Å²) in [5.74, 6) is -4.25. The van der Waals surface area contributed by atoms with Crippen molar-refractivity contribution in [1.82, 2.24) is 0 Å². The van der Waals surface area contributed by atoms with Gasteiger partial charge in [0.2, 0.25) is 0 Å². The summed E-state index contributed by atoms with van der Waals surface area (Å²) >= 11 is 11.5. The largest absolute Gasteiger partial charge is 0.480 e. The van der Waals surface area contributed by atoms with Crippen LogP contribution in [0.2, 0.25) is 0 Å². The maximum absolute atomic E-state index is 11.0. The average molecular weight is 314 g/mol. The first kappa shape index (κ1) is 17.5. The van der Waals surface area contributed by atoms with Gasteiger partial charge in [-0.3, -0.25) is 14.4 Å². The standard InChI is InChI=1S/C9H14O6S3/c1-2-9(3(16)6(10)11,4(17)7(12)13)5(18)8(14)15/h3-5,16-18H,2H2,1H3,(H,10,11)(H,12,13)(H,14,15). The Morgan fingerprint density at radius 2 is 1.11 bits per heavy atom. The molecular formula is C9H14O6S3. The highest BCUT2D eigenvalue weighted by Crippen LogP contribution is 2.43. The van der Waals surface area contributed by atoms with E-state index in [0.717, 1.165) is 0 Å². The van der Waals surface area contributed by atoms with E-state index >= 15 is 0 Å². The van der Waals surface area contributed by atoms with Crippen LogP contribution in [0.1, 0.15) is 13.3 Å². The van der Waals surface area contributed by atoms with Crippen LogP contribution in [-0.4, -0.2) is 49.0 Å². The maximum Gasteiger partial charge on any atom is 0.317 e. The van der Waals surface area contributed by atoms with Gasteiger partial charge < -0.3 is 15.3 Å². The maximum atomic E-state index is 11.0. The predicted octanol–water partition coefficient (Wildman–Crippen LogP) is 0.532. The summed E-state index contributed by atoms with van der Waals surface area (Å²) in [6.45, 7) is 1.48. The molecule has 0 heterocycles. The van der Waals surface area contributed by atoms with E-state index in [1.807, 2.05) is 0 Å². The second-order valence-corrected chi connectivity index (χ2v) is 5.24. The van der Waals surface area contributed by atoms with Gasteiger partial charge in [0.05, 0.1) is 0 Å². The lowest BCUT2D eigenvalue weighted by Crippen LogP contribution is -2.55. The third-order valence-electron chi connectivity index (χ3n) is 2.84. The van der Waals surface area contributed by atoms with Gasteiger partial charge in [0.15, 0.2) is 0 Å². The topological polar surface area (TPSA) is 112 Å². The third kappa shape index (κ3) is 3.07. The van der Waals surface area contributed by atoms with Gasteiger partial charge in [0.1, 0.15) is 15.7 Å². The number of carboxylic acids is 3. The fourth-order valence-corrected chi connectivity index (χ4v) is 3.51. The minimum atomic E-state index is -1.72. The van der Waals surface area contributed by atoms with Gasteiger partial charge in [0, 0.05) is 5.41 Å². The molecule has 18 heavy (non-hydrogen) atoms. The molecule has 0 aliphatic heterocycles. The van der Waals surface area contributed by atoms with E-state index in [2.05, 4.69) is 37.9 Å². The lowest BCUT2D eigenvalue weighted by atomic mass is 9.74. The number of aliphatic carboxylic acids is 3. The number of rotatable bonds is 7. The summed E-state index contributed by atoms with van der Waals surface area (Å²) < 4.78 is 0. The lowest BCUT2D eigenvalue weighted by Gasteiger charge is -2.40. The zero-order valence-corrected chi connectivity index (χ0v) is 12.0. The van der Waals surface area contributed by atoms with E-state index in [4.69, 9.17) is 15.3 Å². The quantitative estimate of drug-likeness (QED) is 0.382. The first-order valence-corrected chi connectivity index (χ1v) is 6.40. The molecule has 0 saturated carbocycles. The van der Waals surface area contributed by atoms with Crippen molar-refractivity contribution in [1.29, 1.82) is 0 Å². The Morgan fingerprint density at radius 3 is 1.22 bits per heavy atom. The van der Waals surface area contributed by atoms with Crippen LogP contribution in [0.25, 0.3) is 0 Å². The summed E-state index contributed by atoms with van der Waals surface area (Å²) in [7, 11) is 0. The number of thiol groups is 3. The summed E-state index contributed by atoms with van der Waals surface area (Å²) in [4.78, 5) is 33.1. The van der Waals surface area contributed by atoms with Crippen molar-refractivity contribution >= 4 is 55.8 Å². The van der Waals surface area contributed by atoms with Crippen molar-refractivity contribution < 1.29 is 29.7 Å². The molecule has 0 saturated heterocycles. The van der Waals surface area contributed by atoms with Gasteiger partial charge in [-0.05, 0) is 6.42 Å². The van der Waals surface area contributed by atoms with E-state index in [1.54, 1.807) is 0 Å². The van der Waals surface area contributed by atoms with Crippen LogP contribution >= 0.6 is 37.9 Å². The van der Waals surface area contributed by atoms with Crippen LogP contribution in [0.3, 0.4) is 0 Å². The first-order valence-electron chi connectivity index (χ1n) is 4.85. The SMILES string of the molecule is CCC(C(S)C(=O)O)(C(S)C(=O)O)C(S)C(=O)O. The van der Waals surface area contributed by atoms with Crippen molar-refractivity contribution in [3.63, 3.8) is 0 Å². The minimum absolute atomic E-state index is 0.0611. The zero-order valence-electron chi connectivity index (χ0n) is 9.35. The van der Waals surface area contributed by atoms with E-state index < -0.39 is 39.1 Å². The van der Waals surface area contributed by atoms with Crippen LogP contribution < -0.4 is 0 Å². The molecule has 0 bridgehead atoms. The van der Waals surface area contributed by atoms with Gasteiger partial charge in [0.25, 0.3) is 0 Å². The molecule has 0 rings (SSSR count). The first-order chi connectivity index (χ1) is 8.12. The Kier molecular flexibility index (Phi) is 6.38. The number of carboxylic acid groups (broad SMARTS) is 3. The van der Waals surface area contributed by atoms with Crippen molar-refractivity contribution in [2.24, 2.45) is 5.41 Å². The molecule has 0 aromatic carbocycles. The van der Waals surface area contributed by atoms with Crippen LogP contribution in [-0.2, 0) is 14.4 Å². The average Bonchev–Trinajstić information content (AvgIpc) is 2.29. The summed E-state index contributed by atoms with van der Waals surface area (Å²) in [5.41, 5.74) is -1.72. The highest BCUT2D eigenvalue weighted by molar-refractivity contribution is 7.84. The third-order valence-corrected chi connectivity index (χ3v) is 4.95. The number of carbonyl (C=O) groups is 3. The smallest absolute Gasteiger partial charge is 0.317 e. The summed E-state index contributed by atoms with van der Waals surface area (Å²) in [5, 5.41) is 22.4. The number of hydrogen-bond donors (Lipinski definition) is 6. The van der Waals surface area contributed by atoms with Crippen molar-refractivity contribution in [2.45, 2.75) is 29.1 Å².